The molecule has 0 amide bonds. The van der Waals surface area contributed by atoms with Crippen LogP contribution in [0.15, 0.2) is 24.3 Å². The van der Waals surface area contributed by atoms with Crippen LogP contribution in [0, 0.1) is 0 Å². The molecule has 2 aromatic rings. The molecule has 1 aliphatic heterocycles. The molecule has 3 nitrogen and oxygen atoms in total. The minimum atomic E-state index is -0.0904. The molecule has 1 unspecified atom stereocenters. The van der Waals surface area contributed by atoms with E-state index in [4.69, 9.17) is 11.6 Å². The molecule has 13 heavy (non-hydrogen) atoms. The van der Waals surface area contributed by atoms with Gasteiger partial charge in [0.25, 0.3) is 0 Å². The molecule has 5 heteroatoms. The molecule has 1 aromatic heterocycles. The number of rotatable bonds is 0. The molecule has 3 rings (SSSR count). The number of fused-ring (bicyclic) bond motifs is 3. The van der Waals surface area contributed by atoms with E-state index in [1.807, 2.05) is 28.9 Å². The van der Waals surface area contributed by atoms with Gasteiger partial charge in [-0.1, -0.05) is 12.1 Å². The Morgan fingerprint density at radius 1 is 1.46 bits per heavy atom. The summed E-state index contributed by atoms with van der Waals surface area (Å²) in [6, 6.07) is 7.97. The van der Waals surface area contributed by atoms with E-state index in [2.05, 4.69) is 9.82 Å². The predicted octanol–water partition coefficient (Wildman–Crippen LogP) is 2.48. The summed E-state index contributed by atoms with van der Waals surface area (Å²) in [7, 11) is 0. The fraction of sp³-hybridized carbons (Fsp3) is 0.125. The number of imidazole rings is 1. The second kappa shape index (κ2) is 2.56. The van der Waals surface area contributed by atoms with Crippen molar-refractivity contribution in [2.24, 2.45) is 0 Å². The summed E-state index contributed by atoms with van der Waals surface area (Å²) in [4.78, 5) is 7.53. The van der Waals surface area contributed by atoms with E-state index in [1.165, 1.54) is 11.9 Å². The number of benzene rings is 1. The summed E-state index contributed by atoms with van der Waals surface area (Å²) in [6.45, 7) is 0. The van der Waals surface area contributed by atoms with Gasteiger partial charge in [0.2, 0.25) is 0 Å². The SMILES string of the molecule is ClC1SNn2c1nc1ccccc12. The molecule has 0 radical (unpaired) electrons. The molecule has 1 N–H and O–H groups in total. The molecule has 2 heterocycles. The van der Waals surface area contributed by atoms with E-state index in [0.29, 0.717) is 0 Å². The Balaban J connectivity index is 2.38. The quantitative estimate of drug-likeness (QED) is 0.536. The van der Waals surface area contributed by atoms with Crippen molar-refractivity contribution in [1.29, 1.82) is 0 Å². The fourth-order valence-corrected chi connectivity index (χ4v) is 2.36. The van der Waals surface area contributed by atoms with Gasteiger partial charge < -0.3 is 0 Å². The average Bonchev–Trinajstić information content (AvgIpc) is 2.67. The van der Waals surface area contributed by atoms with Crippen molar-refractivity contribution >= 4 is 34.6 Å². The minimum Gasteiger partial charge on any atom is -0.264 e. The number of aromatic nitrogens is 2. The maximum absolute atomic E-state index is 6.03. The second-order valence-corrected chi connectivity index (χ2v) is 4.40. The number of nitrogens with zero attached hydrogens (tertiary/aromatic N) is 2. The first-order chi connectivity index (χ1) is 6.36. The zero-order valence-electron chi connectivity index (χ0n) is 6.57. The predicted molar refractivity (Wildman–Crippen MR) is 55.3 cm³/mol. The first-order valence-electron chi connectivity index (χ1n) is 3.89. The van der Waals surface area contributed by atoms with Gasteiger partial charge in [-0.05, 0) is 24.1 Å². The topological polar surface area (TPSA) is 29.9 Å². The van der Waals surface area contributed by atoms with Crippen LogP contribution in [0.4, 0.5) is 0 Å². The van der Waals surface area contributed by atoms with E-state index in [1.54, 1.807) is 0 Å². The van der Waals surface area contributed by atoms with Gasteiger partial charge in [0.1, 0.15) is 0 Å². The number of alkyl halides is 1. The highest BCUT2D eigenvalue weighted by molar-refractivity contribution is 8.01. The third-order valence-corrected chi connectivity index (χ3v) is 3.21. The standard InChI is InChI=1S/C8H6ClN3S/c9-7-8-10-5-3-1-2-4-6(5)12(8)11-13-7/h1-4,7,11H. The molecule has 0 bridgehead atoms. The monoisotopic (exact) mass is 211 g/mol. The molecule has 1 atom stereocenters. The molecule has 0 fully saturated rings. The van der Waals surface area contributed by atoms with Gasteiger partial charge in [-0.3, -0.25) is 4.83 Å². The lowest BCUT2D eigenvalue weighted by Crippen LogP contribution is -2.00. The molecule has 66 valence electrons. The van der Waals surface area contributed by atoms with Gasteiger partial charge in [-0.15, -0.1) is 11.6 Å². The van der Waals surface area contributed by atoms with Crippen molar-refractivity contribution in [2.75, 3.05) is 4.83 Å². The zero-order chi connectivity index (χ0) is 8.84. The summed E-state index contributed by atoms with van der Waals surface area (Å²) in [5.74, 6) is 0.882. The van der Waals surface area contributed by atoms with Crippen LogP contribution in [-0.2, 0) is 0 Å². The van der Waals surface area contributed by atoms with Crippen molar-refractivity contribution in [3.8, 4) is 0 Å². The van der Waals surface area contributed by atoms with Crippen LogP contribution in [0.3, 0.4) is 0 Å². The maximum atomic E-state index is 6.03. The van der Waals surface area contributed by atoms with Crippen LogP contribution in [0.25, 0.3) is 11.0 Å². The van der Waals surface area contributed by atoms with E-state index >= 15 is 0 Å². The normalized spacial score (nSPS) is 20.2. The van der Waals surface area contributed by atoms with E-state index in [0.717, 1.165) is 16.9 Å². The Hall–Kier alpha value is -0.870. The van der Waals surface area contributed by atoms with Gasteiger partial charge in [0.05, 0.1) is 11.0 Å². The maximum Gasteiger partial charge on any atom is 0.159 e. The minimum absolute atomic E-state index is 0.0904. The molecular formula is C8H6ClN3S. The summed E-state index contributed by atoms with van der Waals surface area (Å²) in [5, 5.41) is 0. The van der Waals surface area contributed by atoms with Gasteiger partial charge >= 0.3 is 0 Å². The number of para-hydroxylation sites is 2. The Bertz CT molecular complexity index is 467. The molecule has 0 saturated carbocycles. The van der Waals surface area contributed by atoms with Gasteiger partial charge in [-0.2, -0.15) is 0 Å². The molecule has 0 saturated heterocycles. The van der Waals surface area contributed by atoms with E-state index in [-0.39, 0.29) is 4.71 Å². The van der Waals surface area contributed by atoms with Gasteiger partial charge in [0.15, 0.2) is 10.5 Å². The number of hydrogen-bond donors (Lipinski definition) is 1. The van der Waals surface area contributed by atoms with Crippen LogP contribution in [0.1, 0.15) is 10.5 Å². The lowest BCUT2D eigenvalue weighted by Gasteiger charge is -1.97. The van der Waals surface area contributed by atoms with Crippen molar-refractivity contribution < 1.29 is 0 Å². The van der Waals surface area contributed by atoms with Crippen LogP contribution < -0.4 is 4.83 Å². The van der Waals surface area contributed by atoms with Crippen molar-refractivity contribution in [2.45, 2.75) is 4.71 Å². The van der Waals surface area contributed by atoms with Crippen molar-refractivity contribution in [3.63, 3.8) is 0 Å². The third kappa shape index (κ3) is 0.957. The first kappa shape index (κ1) is 7.53. The van der Waals surface area contributed by atoms with Gasteiger partial charge in [-0.25, -0.2) is 9.66 Å². The molecule has 0 aliphatic carbocycles. The first-order valence-corrected chi connectivity index (χ1v) is 5.21. The molecule has 0 spiro atoms. The summed E-state index contributed by atoms with van der Waals surface area (Å²) >= 11 is 7.49. The summed E-state index contributed by atoms with van der Waals surface area (Å²) < 4.78 is 1.84. The zero-order valence-corrected chi connectivity index (χ0v) is 8.14. The highest BCUT2D eigenvalue weighted by Crippen LogP contribution is 2.38. The number of hydrogen-bond acceptors (Lipinski definition) is 3. The Labute approximate surface area is 84.2 Å². The Morgan fingerprint density at radius 2 is 2.31 bits per heavy atom. The van der Waals surface area contributed by atoms with Crippen LogP contribution in [-0.4, -0.2) is 9.66 Å². The fourth-order valence-electron chi connectivity index (χ4n) is 1.44. The molecule has 1 aliphatic rings. The number of nitrogens with one attached hydrogen (secondary N) is 1. The smallest absolute Gasteiger partial charge is 0.159 e. The van der Waals surface area contributed by atoms with Crippen LogP contribution in [0.2, 0.25) is 0 Å². The number of halogens is 1. The van der Waals surface area contributed by atoms with Crippen molar-refractivity contribution in [3.05, 3.63) is 30.1 Å². The van der Waals surface area contributed by atoms with Crippen molar-refractivity contribution in [1.82, 2.24) is 9.66 Å². The molecule has 1 aromatic carbocycles. The average molecular weight is 212 g/mol. The highest BCUT2D eigenvalue weighted by Gasteiger charge is 2.24. The summed E-state index contributed by atoms with van der Waals surface area (Å²) in [6.07, 6.45) is 0. The van der Waals surface area contributed by atoms with E-state index in [9.17, 15) is 0 Å². The Morgan fingerprint density at radius 3 is 3.23 bits per heavy atom. The third-order valence-electron chi connectivity index (χ3n) is 2.04. The lowest BCUT2D eigenvalue weighted by molar-refractivity contribution is 0.969. The largest absolute Gasteiger partial charge is 0.264 e. The lowest BCUT2D eigenvalue weighted by atomic mass is 10.3. The van der Waals surface area contributed by atoms with Crippen LogP contribution >= 0.6 is 23.5 Å². The van der Waals surface area contributed by atoms with Gasteiger partial charge in [0, 0.05) is 0 Å². The van der Waals surface area contributed by atoms with E-state index < -0.39 is 0 Å². The van der Waals surface area contributed by atoms with Crippen LogP contribution in [0.5, 0.6) is 0 Å². The molecular weight excluding hydrogens is 206 g/mol. The summed E-state index contributed by atoms with van der Waals surface area (Å²) in [5.41, 5.74) is 2.06. The Kier molecular flexibility index (Phi) is 1.48. The highest BCUT2D eigenvalue weighted by atomic mass is 35.5. The second-order valence-electron chi connectivity index (χ2n) is 2.82.